The van der Waals surface area contributed by atoms with E-state index in [0.717, 1.165) is 12.5 Å². The Morgan fingerprint density at radius 2 is 2.33 bits per heavy atom. The van der Waals surface area contributed by atoms with E-state index in [4.69, 9.17) is 5.73 Å². The van der Waals surface area contributed by atoms with Crippen molar-refractivity contribution in [1.29, 1.82) is 0 Å². The molecule has 1 aliphatic carbocycles. The van der Waals surface area contributed by atoms with Crippen LogP contribution in [0.5, 0.6) is 0 Å². The summed E-state index contributed by atoms with van der Waals surface area (Å²) in [4.78, 5) is 10.8. The monoisotopic (exact) mass is 206 g/mol. The Labute approximate surface area is 90.5 Å². The lowest BCUT2D eigenvalue weighted by molar-refractivity contribution is 0.702. The van der Waals surface area contributed by atoms with E-state index in [0.29, 0.717) is 5.92 Å². The largest absolute Gasteiger partial charge is 0.342 e. The van der Waals surface area contributed by atoms with E-state index in [1.165, 1.54) is 18.5 Å². The van der Waals surface area contributed by atoms with Gasteiger partial charge in [-0.1, -0.05) is 0 Å². The summed E-state index contributed by atoms with van der Waals surface area (Å²) < 4.78 is 0. The molecule has 0 amide bonds. The highest BCUT2D eigenvalue weighted by atomic mass is 15.2. The highest BCUT2D eigenvalue weighted by Gasteiger charge is 2.25. The van der Waals surface area contributed by atoms with E-state index < -0.39 is 0 Å². The zero-order chi connectivity index (χ0) is 10.8. The number of nitrogens with zero attached hydrogens (tertiary/aromatic N) is 3. The SMILES string of the molecule is CC(N)CN(C)c1nccc(C2CC2)n1. The summed E-state index contributed by atoms with van der Waals surface area (Å²) in [5, 5.41) is 0. The molecule has 2 N–H and O–H groups in total. The third-order valence-electron chi connectivity index (χ3n) is 2.56. The first-order chi connectivity index (χ1) is 7.16. The van der Waals surface area contributed by atoms with Crippen LogP contribution in [0, 0.1) is 0 Å². The average molecular weight is 206 g/mol. The Morgan fingerprint density at radius 1 is 1.60 bits per heavy atom. The van der Waals surface area contributed by atoms with Crippen LogP contribution in [0.4, 0.5) is 5.95 Å². The zero-order valence-electron chi connectivity index (χ0n) is 9.35. The summed E-state index contributed by atoms with van der Waals surface area (Å²) in [6, 6.07) is 2.16. The van der Waals surface area contributed by atoms with Gasteiger partial charge in [0, 0.05) is 37.4 Å². The lowest BCUT2D eigenvalue weighted by atomic mass is 10.3. The van der Waals surface area contributed by atoms with E-state index in [1.54, 1.807) is 0 Å². The van der Waals surface area contributed by atoms with E-state index in [9.17, 15) is 0 Å². The van der Waals surface area contributed by atoms with E-state index in [2.05, 4.69) is 9.97 Å². The second-order valence-corrected chi connectivity index (χ2v) is 4.41. The summed E-state index contributed by atoms with van der Waals surface area (Å²) in [5.74, 6) is 1.46. The second kappa shape index (κ2) is 4.14. The smallest absolute Gasteiger partial charge is 0.225 e. The average Bonchev–Trinajstić information content (AvgIpc) is 3.00. The Kier molecular flexibility index (Phi) is 2.86. The van der Waals surface area contributed by atoms with E-state index in [-0.39, 0.29) is 6.04 Å². The van der Waals surface area contributed by atoms with E-state index in [1.807, 2.05) is 31.1 Å². The van der Waals surface area contributed by atoms with Gasteiger partial charge in [-0.25, -0.2) is 9.97 Å². The lowest BCUT2D eigenvalue weighted by Gasteiger charge is -2.19. The molecule has 1 aromatic heterocycles. The maximum Gasteiger partial charge on any atom is 0.225 e. The summed E-state index contributed by atoms with van der Waals surface area (Å²) in [6.45, 7) is 2.77. The molecule has 0 bridgehead atoms. The molecule has 15 heavy (non-hydrogen) atoms. The number of nitrogens with two attached hydrogens (primary N) is 1. The van der Waals surface area contributed by atoms with Crippen molar-refractivity contribution in [2.24, 2.45) is 5.73 Å². The Hall–Kier alpha value is -1.16. The number of hydrogen-bond acceptors (Lipinski definition) is 4. The summed E-state index contributed by atoms with van der Waals surface area (Å²) in [6.07, 6.45) is 4.38. The molecule has 1 fully saturated rings. The van der Waals surface area contributed by atoms with Gasteiger partial charge in [0.25, 0.3) is 0 Å². The van der Waals surface area contributed by atoms with Crippen molar-refractivity contribution in [2.45, 2.75) is 31.7 Å². The minimum atomic E-state index is 0.142. The number of rotatable bonds is 4. The zero-order valence-corrected chi connectivity index (χ0v) is 9.35. The van der Waals surface area contributed by atoms with Crippen molar-refractivity contribution in [1.82, 2.24) is 9.97 Å². The Bertz CT molecular complexity index is 333. The van der Waals surface area contributed by atoms with Gasteiger partial charge < -0.3 is 10.6 Å². The minimum Gasteiger partial charge on any atom is -0.342 e. The van der Waals surface area contributed by atoms with Crippen molar-refractivity contribution in [3.05, 3.63) is 18.0 Å². The number of likely N-dealkylation sites (N-methyl/N-ethyl adjacent to an activating group) is 1. The van der Waals surface area contributed by atoms with Crippen LogP contribution in [0.3, 0.4) is 0 Å². The number of aromatic nitrogens is 2. The maximum atomic E-state index is 5.74. The lowest BCUT2D eigenvalue weighted by Crippen LogP contribution is -2.33. The van der Waals surface area contributed by atoms with Crippen LogP contribution in [0.1, 0.15) is 31.4 Å². The molecule has 1 heterocycles. The van der Waals surface area contributed by atoms with Crippen LogP contribution in [-0.2, 0) is 0 Å². The highest BCUT2D eigenvalue weighted by Crippen LogP contribution is 2.39. The summed E-state index contributed by atoms with van der Waals surface area (Å²) in [5.41, 5.74) is 6.92. The number of anilines is 1. The van der Waals surface area contributed by atoms with Crippen LogP contribution in [0.2, 0.25) is 0 Å². The van der Waals surface area contributed by atoms with Gasteiger partial charge in [0.15, 0.2) is 0 Å². The molecule has 0 spiro atoms. The standard InChI is InChI=1S/C11H18N4/c1-8(12)7-15(2)11-13-6-5-10(14-11)9-3-4-9/h5-6,8-9H,3-4,7,12H2,1-2H3. The van der Waals surface area contributed by atoms with Crippen molar-refractivity contribution in [2.75, 3.05) is 18.5 Å². The van der Waals surface area contributed by atoms with Gasteiger partial charge in [-0.05, 0) is 25.8 Å². The molecule has 0 aliphatic heterocycles. The molecular weight excluding hydrogens is 188 g/mol. The summed E-state index contributed by atoms with van der Waals surface area (Å²) >= 11 is 0. The third-order valence-corrected chi connectivity index (χ3v) is 2.56. The van der Waals surface area contributed by atoms with Crippen LogP contribution in [-0.4, -0.2) is 29.6 Å². The first kappa shape index (κ1) is 10.4. The molecule has 0 saturated heterocycles. The van der Waals surface area contributed by atoms with Crippen LogP contribution < -0.4 is 10.6 Å². The topological polar surface area (TPSA) is 55.0 Å². The Morgan fingerprint density at radius 3 is 2.93 bits per heavy atom. The fourth-order valence-corrected chi connectivity index (χ4v) is 1.67. The van der Waals surface area contributed by atoms with Crippen molar-refractivity contribution in [3.63, 3.8) is 0 Å². The minimum absolute atomic E-state index is 0.142. The van der Waals surface area contributed by atoms with Crippen molar-refractivity contribution < 1.29 is 0 Å². The molecule has 0 aromatic carbocycles. The van der Waals surface area contributed by atoms with Gasteiger partial charge >= 0.3 is 0 Å². The predicted octanol–water partition coefficient (Wildman–Crippen LogP) is 1.14. The molecule has 1 saturated carbocycles. The van der Waals surface area contributed by atoms with Gasteiger partial charge in [0.1, 0.15) is 0 Å². The highest BCUT2D eigenvalue weighted by molar-refractivity contribution is 5.30. The van der Waals surface area contributed by atoms with Gasteiger partial charge in [-0.2, -0.15) is 0 Å². The Balaban J connectivity index is 2.09. The molecule has 1 aromatic rings. The molecule has 1 atom stereocenters. The van der Waals surface area contributed by atoms with Crippen LogP contribution >= 0.6 is 0 Å². The molecule has 4 nitrogen and oxygen atoms in total. The molecule has 1 aliphatic rings. The number of hydrogen-bond donors (Lipinski definition) is 1. The molecule has 0 radical (unpaired) electrons. The first-order valence-corrected chi connectivity index (χ1v) is 5.46. The summed E-state index contributed by atoms with van der Waals surface area (Å²) in [7, 11) is 1.98. The fourth-order valence-electron chi connectivity index (χ4n) is 1.67. The van der Waals surface area contributed by atoms with Crippen LogP contribution in [0.15, 0.2) is 12.3 Å². The maximum absolute atomic E-state index is 5.74. The fraction of sp³-hybridized carbons (Fsp3) is 0.636. The third kappa shape index (κ3) is 2.65. The molecular formula is C11H18N4. The van der Waals surface area contributed by atoms with Crippen molar-refractivity contribution >= 4 is 5.95 Å². The normalized spacial score (nSPS) is 17.5. The van der Waals surface area contributed by atoms with Gasteiger partial charge in [-0.15, -0.1) is 0 Å². The molecule has 2 rings (SSSR count). The molecule has 82 valence electrons. The van der Waals surface area contributed by atoms with Gasteiger partial charge in [0.2, 0.25) is 5.95 Å². The molecule has 4 heteroatoms. The van der Waals surface area contributed by atoms with Crippen LogP contribution in [0.25, 0.3) is 0 Å². The van der Waals surface area contributed by atoms with E-state index >= 15 is 0 Å². The predicted molar refractivity (Wildman–Crippen MR) is 60.9 cm³/mol. The molecule has 1 unspecified atom stereocenters. The van der Waals surface area contributed by atoms with Crippen molar-refractivity contribution in [3.8, 4) is 0 Å². The quantitative estimate of drug-likeness (QED) is 0.802. The first-order valence-electron chi connectivity index (χ1n) is 5.46. The van der Waals surface area contributed by atoms with Gasteiger partial charge in [-0.3, -0.25) is 0 Å². The van der Waals surface area contributed by atoms with Gasteiger partial charge in [0.05, 0.1) is 0 Å². The second-order valence-electron chi connectivity index (χ2n) is 4.41.